The van der Waals surface area contributed by atoms with Gasteiger partial charge in [-0.1, -0.05) is 23.5 Å². The van der Waals surface area contributed by atoms with Gasteiger partial charge in [-0.3, -0.25) is 9.78 Å². The van der Waals surface area contributed by atoms with E-state index >= 15 is 0 Å². The number of alkyl halides is 3. The Morgan fingerprint density at radius 1 is 1.06 bits per heavy atom. The summed E-state index contributed by atoms with van der Waals surface area (Å²) in [6.07, 6.45) is 0.312. The lowest BCUT2D eigenvalue weighted by Gasteiger charge is -2.07. The number of nitrogens with zero attached hydrogens (tertiary/aromatic N) is 4. The maximum Gasteiger partial charge on any atom is 0.416 e. The molecule has 0 saturated heterocycles. The molecule has 5 aromatic rings. The fourth-order valence-electron chi connectivity index (χ4n) is 3.01. The van der Waals surface area contributed by atoms with Crippen molar-refractivity contribution in [3.63, 3.8) is 0 Å². The maximum absolute atomic E-state index is 12.9. The quantitative estimate of drug-likeness (QED) is 0.423. The zero-order valence-electron chi connectivity index (χ0n) is 15.5. The van der Waals surface area contributed by atoms with Crippen molar-refractivity contribution in [2.45, 2.75) is 6.18 Å². The Morgan fingerprint density at radius 3 is 2.65 bits per heavy atom. The van der Waals surface area contributed by atoms with Crippen LogP contribution in [0.3, 0.4) is 0 Å². The molecule has 0 aliphatic heterocycles. The van der Waals surface area contributed by atoms with E-state index in [4.69, 9.17) is 4.42 Å². The number of benzene rings is 1. The van der Waals surface area contributed by atoms with Crippen LogP contribution in [0.4, 0.5) is 13.2 Å². The molecule has 0 amide bonds. The van der Waals surface area contributed by atoms with Crippen molar-refractivity contribution in [3.05, 3.63) is 87.1 Å². The molecule has 5 rings (SSSR count). The van der Waals surface area contributed by atoms with Crippen molar-refractivity contribution in [1.29, 1.82) is 0 Å². The summed E-state index contributed by atoms with van der Waals surface area (Å²) in [5.41, 5.74) is -0.135. The summed E-state index contributed by atoms with van der Waals surface area (Å²) in [6.45, 7) is 0. The molecule has 1 aromatic carbocycles. The summed E-state index contributed by atoms with van der Waals surface area (Å²) in [5, 5.41) is 4.24. The van der Waals surface area contributed by atoms with Gasteiger partial charge in [0, 0.05) is 29.6 Å². The molecular weight excluding hydrogens is 429 g/mol. The minimum Gasteiger partial charge on any atom is -0.457 e. The number of furan rings is 1. The van der Waals surface area contributed by atoms with Crippen molar-refractivity contribution in [3.8, 4) is 22.7 Å². The van der Waals surface area contributed by atoms with Gasteiger partial charge in [-0.2, -0.15) is 22.7 Å². The van der Waals surface area contributed by atoms with E-state index in [1.165, 1.54) is 22.7 Å². The van der Waals surface area contributed by atoms with Crippen LogP contribution >= 0.6 is 11.3 Å². The largest absolute Gasteiger partial charge is 0.457 e. The first-order valence-electron chi connectivity index (χ1n) is 8.98. The maximum atomic E-state index is 12.9. The van der Waals surface area contributed by atoms with Crippen molar-refractivity contribution in [1.82, 2.24) is 19.6 Å². The van der Waals surface area contributed by atoms with Crippen LogP contribution in [0.25, 0.3) is 33.7 Å². The molecular formula is C21H11F3N4O2S. The van der Waals surface area contributed by atoms with Gasteiger partial charge in [0.2, 0.25) is 4.96 Å². The van der Waals surface area contributed by atoms with Crippen molar-refractivity contribution in [2.75, 3.05) is 0 Å². The normalized spacial score (nSPS) is 12.7. The molecule has 154 valence electrons. The van der Waals surface area contributed by atoms with Gasteiger partial charge in [-0.15, -0.1) is 5.10 Å². The van der Waals surface area contributed by atoms with Gasteiger partial charge in [0.25, 0.3) is 5.56 Å². The number of halogens is 3. The molecule has 4 aromatic heterocycles. The molecule has 0 fully saturated rings. The van der Waals surface area contributed by atoms with Crippen LogP contribution in [0.5, 0.6) is 0 Å². The SMILES string of the molecule is O=c1/c(=C/c2ccc(-c3cccc(C(F)(F)F)c3)o2)sc2nc(-c3cccnc3)nn12. The van der Waals surface area contributed by atoms with Crippen molar-refractivity contribution >= 4 is 22.4 Å². The highest BCUT2D eigenvalue weighted by atomic mass is 32.1. The van der Waals surface area contributed by atoms with E-state index in [0.717, 1.165) is 23.5 Å². The average molecular weight is 440 g/mol. The second-order valence-electron chi connectivity index (χ2n) is 6.57. The number of aromatic nitrogens is 4. The molecule has 0 bridgehead atoms. The Balaban J connectivity index is 1.49. The highest BCUT2D eigenvalue weighted by Gasteiger charge is 2.30. The van der Waals surface area contributed by atoms with E-state index in [9.17, 15) is 18.0 Å². The summed E-state index contributed by atoms with van der Waals surface area (Å²) in [6, 6.07) is 11.6. The monoisotopic (exact) mass is 440 g/mol. The highest BCUT2D eigenvalue weighted by molar-refractivity contribution is 7.15. The van der Waals surface area contributed by atoms with Crippen LogP contribution in [-0.4, -0.2) is 19.6 Å². The molecule has 0 saturated carbocycles. The predicted molar refractivity (Wildman–Crippen MR) is 108 cm³/mol. The van der Waals surface area contributed by atoms with E-state index in [1.54, 1.807) is 36.7 Å². The van der Waals surface area contributed by atoms with E-state index in [0.29, 0.717) is 32.2 Å². The molecule has 10 heteroatoms. The van der Waals surface area contributed by atoms with E-state index in [-0.39, 0.29) is 11.3 Å². The lowest BCUT2D eigenvalue weighted by molar-refractivity contribution is -0.137. The third-order valence-electron chi connectivity index (χ3n) is 4.48. The fourth-order valence-corrected chi connectivity index (χ4v) is 3.90. The molecule has 6 nitrogen and oxygen atoms in total. The number of pyridine rings is 1. The first-order valence-corrected chi connectivity index (χ1v) is 9.79. The van der Waals surface area contributed by atoms with Crippen molar-refractivity contribution in [2.24, 2.45) is 0 Å². The zero-order chi connectivity index (χ0) is 21.6. The molecule has 0 N–H and O–H groups in total. The van der Waals surface area contributed by atoms with Gasteiger partial charge >= 0.3 is 6.18 Å². The summed E-state index contributed by atoms with van der Waals surface area (Å²) in [7, 11) is 0. The number of fused-ring (bicyclic) bond motifs is 1. The number of hydrogen-bond acceptors (Lipinski definition) is 6. The van der Waals surface area contributed by atoms with Gasteiger partial charge in [-0.05, 0) is 36.4 Å². The molecule has 0 aliphatic carbocycles. The zero-order valence-corrected chi connectivity index (χ0v) is 16.3. The van der Waals surface area contributed by atoms with Gasteiger partial charge in [0.1, 0.15) is 16.1 Å². The molecule has 31 heavy (non-hydrogen) atoms. The molecule has 0 spiro atoms. The smallest absolute Gasteiger partial charge is 0.416 e. The molecule has 0 aliphatic rings. The van der Waals surface area contributed by atoms with Crippen LogP contribution < -0.4 is 10.1 Å². The van der Waals surface area contributed by atoms with Gasteiger partial charge in [0.05, 0.1) is 5.56 Å². The van der Waals surface area contributed by atoms with Crippen LogP contribution in [0.1, 0.15) is 11.3 Å². The second kappa shape index (κ2) is 7.17. The van der Waals surface area contributed by atoms with E-state index in [2.05, 4.69) is 15.1 Å². The first-order chi connectivity index (χ1) is 14.9. The summed E-state index contributed by atoms with van der Waals surface area (Å²) < 4.78 is 46.0. The van der Waals surface area contributed by atoms with Gasteiger partial charge < -0.3 is 4.42 Å². The molecule has 4 heterocycles. The fraction of sp³-hybridized carbons (Fsp3) is 0.0476. The number of hydrogen-bond donors (Lipinski definition) is 0. The van der Waals surface area contributed by atoms with Crippen LogP contribution in [-0.2, 0) is 6.18 Å². The summed E-state index contributed by atoms with van der Waals surface area (Å²) in [4.78, 5) is 21.5. The second-order valence-corrected chi connectivity index (χ2v) is 7.58. The van der Waals surface area contributed by atoms with E-state index in [1.807, 2.05) is 0 Å². The Morgan fingerprint density at radius 2 is 1.90 bits per heavy atom. The lowest BCUT2D eigenvalue weighted by Crippen LogP contribution is -2.23. The Kier molecular flexibility index (Phi) is 4.44. The predicted octanol–water partition coefficient (Wildman–Crippen LogP) is 4.04. The van der Waals surface area contributed by atoms with Crippen LogP contribution in [0, 0.1) is 0 Å². The third kappa shape index (κ3) is 3.61. The lowest BCUT2D eigenvalue weighted by atomic mass is 10.1. The summed E-state index contributed by atoms with van der Waals surface area (Å²) >= 11 is 1.14. The van der Waals surface area contributed by atoms with Crippen LogP contribution in [0.2, 0.25) is 0 Å². The third-order valence-corrected chi connectivity index (χ3v) is 5.44. The minimum absolute atomic E-state index is 0.267. The number of rotatable bonds is 3. The minimum atomic E-state index is -4.44. The molecule has 0 atom stereocenters. The topological polar surface area (TPSA) is 73.3 Å². The van der Waals surface area contributed by atoms with Crippen molar-refractivity contribution < 1.29 is 17.6 Å². The molecule has 0 unspecified atom stereocenters. The number of thiazole rings is 1. The highest BCUT2D eigenvalue weighted by Crippen LogP contribution is 2.32. The Hall–Kier alpha value is -3.79. The van der Waals surface area contributed by atoms with Gasteiger partial charge in [-0.25, -0.2) is 0 Å². The summed E-state index contributed by atoms with van der Waals surface area (Å²) in [5.74, 6) is 0.998. The van der Waals surface area contributed by atoms with Gasteiger partial charge in [0.15, 0.2) is 5.82 Å². The average Bonchev–Trinajstić information content (AvgIpc) is 3.46. The molecule has 0 radical (unpaired) electrons. The Labute approximate surface area is 175 Å². The van der Waals surface area contributed by atoms with E-state index < -0.39 is 11.7 Å². The van der Waals surface area contributed by atoms with Crippen LogP contribution in [0.15, 0.2) is 70.1 Å². The first kappa shape index (κ1) is 19.2. The Bertz CT molecular complexity index is 1500. The standard InChI is InChI=1S/C21H11F3N4O2S/c22-21(23,24)14-5-1-3-12(9-14)16-7-6-15(30-16)10-17-19(29)28-20(31-17)26-18(27-28)13-4-2-8-25-11-13/h1-11H/b17-10-.